The van der Waals surface area contributed by atoms with Crippen LogP contribution in [0.4, 0.5) is 0 Å². The van der Waals surface area contributed by atoms with Gasteiger partial charge < -0.3 is 14.3 Å². The SMILES string of the molecule is CCCCC(OC(=O)CN(CC)CC)c1ccccc1C(=O)OCCCCO[N+](=O)[O-]. The van der Waals surface area contributed by atoms with Crippen LogP contribution in [0.1, 0.15) is 74.9 Å². The number of esters is 2. The summed E-state index contributed by atoms with van der Waals surface area (Å²) in [5.41, 5.74) is 0.992. The van der Waals surface area contributed by atoms with Gasteiger partial charge >= 0.3 is 11.9 Å². The second-order valence-electron chi connectivity index (χ2n) is 7.07. The largest absolute Gasteiger partial charge is 0.462 e. The molecule has 0 amide bonds. The maximum Gasteiger partial charge on any atom is 0.338 e. The Morgan fingerprint density at radius 2 is 1.74 bits per heavy atom. The van der Waals surface area contributed by atoms with E-state index in [-0.39, 0.29) is 25.7 Å². The number of rotatable bonds is 16. The van der Waals surface area contributed by atoms with Gasteiger partial charge in [0.05, 0.1) is 25.3 Å². The van der Waals surface area contributed by atoms with E-state index in [9.17, 15) is 19.7 Å². The standard InChI is InChI=1S/C22H34N2O7/c1-4-7-14-20(31-21(25)17-23(5-2)6-3)18-12-8-9-13-19(18)22(26)29-15-10-11-16-30-24(27)28/h8-9,12-13,20H,4-7,10-11,14-17H2,1-3H3. The number of hydrogen-bond acceptors (Lipinski definition) is 8. The number of carbonyl (C=O) groups excluding carboxylic acids is 2. The Morgan fingerprint density at radius 1 is 1.06 bits per heavy atom. The number of likely N-dealkylation sites (N-methyl/N-ethyl adjacent to an activating group) is 1. The maximum atomic E-state index is 12.6. The van der Waals surface area contributed by atoms with Crippen LogP contribution in [0.15, 0.2) is 24.3 Å². The number of carbonyl (C=O) groups is 2. The molecule has 31 heavy (non-hydrogen) atoms. The summed E-state index contributed by atoms with van der Waals surface area (Å²) in [7, 11) is 0. The quantitative estimate of drug-likeness (QED) is 0.165. The van der Waals surface area contributed by atoms with Crippen LogP contribution >= 0.6 is 0 Å². The van der Waals surface area contributed by atoms with Crippen molar-refractivity contribution in [1.82, 2.24) is 4.90 Å². The van der Waals surface area contributed by atoms with Gasteiger partial charge in [-0.2, -0.15) is 0 Å². The molecular weight excluding hydrogens is 404 g/mol. The fourth-order valence-corrected chi connectivity index (χ4v) is 3.04. The summed E-state index contributed by atoms with van der Waals surface area (Å²) in [6.07, 6.45) is 2.72. The van der Waals surface area contributed by atoms with Crippen LogP contribution in [-0.4, -0.2) is 54.8 Å². The molecule has 0 saturated carbocycles. The van der Waals surface area contributed by atoms with E-state index in [1.165, 1.54) is 0 Å². The van der Waals surface area contributed by atoms with E-state index in [0.717, 1.165) is 25.9 Å². The summed E-state index contributed by atoms with van der Waals surface area (Å²) in [4.78, 5) is 41.4. The molecule has 0 N–H and O–H groups in total. The molecule has 1 atom stereocenters. The Labute approximate surface area is 183 Å². The van der Waals surface area contributed by atoms with E-state index in [1.54, 1.807) is 24.3 Å². The van der Waals surface area contributed by atoms with E-state index in [2.05, 4.69) is 11.8 Å². The molecule has 0 spiro atoms. The fraction of sp³-hybridized carbons (Fsp3) is 0.636. The zero-order valence-corrected chi connectivity index (χ0v) is 18.7. The van der Waals surface area contributed by atoms with Gasteiger partial charge in [-0.05, 0) is 44.8 Å². The third-order valence-corrected chi connectivity index (χ3v) is 4.84. The lowest BCUT2D eigenvalue weighted by molar-refractivity contribution is -0.757. The zero-order valence-electron chi connectivity index (χ0n) is 18.7. The minimum Gasteiger partial charge on any atom is -0.462 e. The van der Waals surface area contributed by atoms with Crippen LogP contribution in [0.25, 0.3) is 0 Å². The van der Waals surface area contributed by atoms with Crippen molar-refractivity contribution in [2.45, 2.75) is 59.0 Å². The molecule has 1 rings (SSSR count). The normalized spacial score (nSPS) is 11.7. The maximum absolute atomic E-state index is 12.6. The van der Waals surface area contributed by atoms with Crippen LogP contribution in [0.3, 0.4) is 0 Å². The monoisotopic (exact) mass is 438 g/mol. The number of ether oxygens (including phenoxy) is 2. The van der Waals surface area contributed by atoms with Crippen molar-refractivity contribution < 1.29 is 29.0 Å². The first-order chi connectivity index (χ1) is 14.9. The molecule has 1 aromatic rings. The van der Waals surface area contributed by atoms with Crippen molar-refractivity contribution in [2.24, 2.45) is 0 Å². The zero-order chi connectivity index (χ0) is 23.1. The Hall–Kier alpha value is -2.68. The molecule has 174 valence electrons. The van der Waals surface area contributed by atoms with E-state index in [1.807, 2.05) is 18.7 Å². The van der Waals surface area contributed by atoms with Crippen molar-refractivity contribution in [2.75, 3.05) is 32.8 Å². The summed E-state index contributed by atoms with van der Waals surface area (Å²) in [5, 5.41) is 9.28. The Bertz CT molecular complexity index is 692. The molecule has 9 nitrogen and oxygen atoms in total. The minimum absolute atomic E-state index is 0.0390. The van der Waals surface area contributed by atoms with Crippen molar-refractivity contribution in [3.05, 3.63) is 45.5 Å². The average molecular weight is 439 g/mol. The molecule has 0 aliphatic heterocycles. The summed E-state index contributed by atoms with van der Waals surface area (Å²) < 4.78 is 11.1. The van der Waals surface area contributed by atoms with Gasteiger partial charge in [0.15, 0.2) is 0 Å². The molecule has 9 heteroatoms. The third kappa shape index (κ3) is 10.3. The smallest absolute Gasteiger partial charge is 0.338 e. The summed E-state index contributed by atoms with van der Waals surface area (Å²) >= 11 is 0. The molecule has 0 aliphatic rings. The van der Waals surface area contributed by atoms with E-state index >= 15 is 0 Å². The average Bonchev–Trinajstić information content (AvgIpc) is 2.76. The topological polar surface area (TPSA) is 108 Å². The highest BCUT2D eigenvalue weighted by Gasteiger charge is 2.23. The second-order valence-corrected chi connectivity index (χ2v) is 7.07. The minimum atomic E-state index is -0.847. The van der Waals surface area contributed by atoms with E-state index in [4.69, 9.17) is 9.47 Å². The van der Waals surface area contributed by atoms with E-state index < -0.39 is 17.2 Å². The molecule has 0 saturated heterocycles. The van der Waals surface area contributed by atoms with Crippen LogP contribution in [0, 0.1) is 10.1 Å². The van der Waals surface area contributed by atoms with Gasteiger partial charge in [-0.25, -0.2) is 4.79 Å². The Balaban J connectivity index is 2.80. The van der Waals surface area contributed by atoms with Gasteiger partial charge in [0, 0.05) is 5.56 Å². The van der Waals surface area contributed by atoms with Gasteiger partial charge in [0.1, 0.15) is 6.10 Å². The lowest BCUT2D eigenvalue weighted by Gasteiger charge is -2.23. The van der Waals surface area contributed by atoms with Crippen molar-refractivity contribution >= 4 is 11.9 Å². The lowest BCUT2D eigenvalue weighted by atomic mass is 9.98. The van der Waals surface area contributed by atoms with Gasteiger partial charge in [-0.3, -0.25) is 9.69 Å². The molecule has 0 fully saturated rings. The lowest BCUT2D eigenvalue weighted by Crippen LogP contribution is -2.31. The van der Waals surface area contributed by atoms with Crippen molar-refractivity contribution in [3.63, 3.8) is 0 Å². The highest BCUT2D eigenvalue weighted by atomic mass is 16.9. The van der Waals surface area contributed by atoms with Crippen LogP contribution < -0.4 is 0 Å². The van der Waals surface area contributed by atoms with Crippen molar-refractivity contribution in [3.8, 4) is 0 Å². The Morgan fingerprint density at radius 3 is 2.39 bits per heavy atom. The van der Waals surface area contributed by atoms with Gasteiger partial charge in [0.2, 0.25) is 0 Å². The molecular formula is C22H34N2O7. The Kier molecular flexibility index (Phi) is 12.9. The van der Waals surface area contributed by atoms with E-state index in [0.29, 0.717) is 30.4 Å². The number of nitrogens with zero attached hydrogens (tertiary/aromatic N) is 2. The number of unbranched alkanes of at least 4 members (excludes halogenated alkanes) is 2. The molecule has 0 aliphatic carbocycles. The number of benzene rings is 1. The number of hydrogen-bond donors (Lipinski definition) is 0. The molecule has 0 heterocycles. The predicted octanol–water partition coefficient (Wildman–Crippen LogP) is 3.95. The third-order valence-electron chi connectivity index (χ3n) is 4.84. The molecule has 1 aromatic carbocycles. The summed E-state index contributed by atoms with van der Waals surface area (Å²) in [6, 6.07) is 6.98. The summed E-state index contributed by atoms with van der Waals surface area (Å²) in [6.45, 7) is 7.81. The molecule has 0 aromatic heterocycles. The fourth-order valence-electron chi connectivity index (χ4n) is 3.04. The summed E-state index contributed by atoms with van der Waals surface area (Å²) in [5.74, 6) is -0.828. The first kappa shape index (κ1) is 26.4. The first-order valence-corrected chi connectivity index (χ1v) is 10.9. The molecule has 1 unspecified atom stereocenters. The molecule has 0 bridgehead atoms. The first-order valence-electron chi connectivity index (χ1n) is 10.9. The highest BCUT2D eigenvalue weighted by Crippen LogP contribution is 2.27. The van der Waals surface area contributed by atoms with Gasteiger partial charge in [-0.1, -0.05) is 45.4 Å². The molecule has 0 radical (unpaired) electrons. The predicted molar refractivity (Wildman–Crippen MR) is 115 cm³/mol. The van der Waals surface area contributed by atoms with Crippen LogP contribution in [0.2, 0.25) is 0 Å². The van der Waals surface area contributed by atoms with Crippen molar-refractivity contribution in [1.29, 1.82) is 0 Å². The van der Waals surface area contributed by atoms with Crippen LogP contribution in [0.5, 0.6) is 0 Å². The van der Waals surface area contributed by atoms with Gasteiger partial charge in [-0.15, -0.1) is 10.1 Å². The highest BCUT2D eigenvalue weighted by molar-refractivity contribution is 5.91. The second kappa shape index (κ2) is 15.2. The van der Waals surface area contributed by atoms with Gasteiger partial charge in [0.25, 0.3) is 5.09 Å². The van der Waals surface area contributed by atoms with Crippen LogP contribution in [-0.2, 0) is 19.1 Å².